The molecule has 0 bridgehead atoms. The fourth-order valence-corrected chi connectivity index (χ4v) is 3.76. The molecule has 8 nitrogen and oxygen atoms in total. The van der Waals surface area contributed by atoms with E-state index in [0.29, 0.717) is 34.9 Å². The molecule has 1 heterocycles. The van der Waals surface area contributed by atoms with Gasteiger partial charge in [0.15, 0.2) is 17.2 Å². The number of carbonyl (C=O) groups excluding carboxylic acids is 2. The number of methoxy groups -OCH3 is 3. The van der Waals surface area contributed by atoms with E-state index >= 15 is 0 Å². The summed E-state index contributed by atoms with van der Waals surface area (Å²) in [5.74, 6) is 0.447. The molecule has 4 rings (SSSR count). The predicted molar refractivity (Wildman–Crippen MR) is 110 cm³/mol. The van der Waals surface area contributed by atoms with Gasteiger partial charge in [0.2, 0.25) is 0 Å². The van der Waals surface area contributed by atoms with Crippen LogP contribution in [-0.2, 0) is 18.2 Å². The van der Waals surface area contributed by atoms with Crippen LogP contribution in [0.1, 0.15) is 32.0 Å². The number of carbonyl (C=O) groups is 2. The Morgan fingerprint density at radius 3 is 2.50 bits per heavy atom. The molecule has 2 aromatic carbocycles. The van der Waals surface area contributed by atoms with Crippen LogP contribution >= 0.6 is 0 Å². The maximum atomic E-state index is 13.0. The minimum Gasteiger partial charge on any atom is -0.493 e. The Kier molecular flexibility index (Phi) is 4.91. The van der Waals surface area contributed by atoms with Crippen molar-refractivity contribution < 1.29 is 23.8 Å². The quantitative estimate of drug-likeness (QED) is 0.511. The summed E-state index contributed by atoms with van der Waals surface area (Å²) in [7, 11) is 6.30. The third-order valence-corrected chi connectivity index (χ3v) is 5.13. The molecule has 1 N–H and O–H groups in total. The van der Waals surface area contributed by atoms with Gasteiger partial charge >= 0.3 is 5.97 Å². The molecule has 30 heavy (non-hydrogen) atoms. The first-order valence-electron chi connectivity index (χ1n) is 9.27. The fraction of sp³-hybridized carbons (Fsp3) is 0.227. The van der Waals surface area contributed by atoms with E-state index in [1.807, 2.05) is 12.1 Å². The van der Waals surface area contributed by atoms with Gasteiger partial charge in [0, 0.05) is 30.3 Å². The molecular weight excluding hydrogens is 386 g/mol. The van der Waals surface area contributed by atoms with Crippen LogP contribution in [0.5, 0.6) is 11.5 Å². The van der Waals surface area contributed by atoms with Crippen molar-refractivity contribution in [2.24, 2.45) is 7.05 Å². The zero-order valence-corrected chi connectivity index (χ0v) is 17.1. The van der Waals surface area contributed by atoms with Crippen molar-refractivity contribution in [2.45, 2.75) is 6.42 Å². The highest BCUT2D eigenvalue weighted by molar-refractivity contribution is 6.06. The summed E-state index contributed by atoms with van der Waals surface area (Å²) < 4.78 is 17.2. The molecule has 0 aliphatic heterocycles. The van der Waals surface area contributed by atoms with Crippen LogP contribution in [0.4, 0.5) is 5.69 Å². The second kappa shape index (κ2) is 7.55. The highest BCUT2D eigenvalue weighted by Crippen LogP contribution is 2.43. The number of fused-ring (bicyclic) bond motifs is 3. The molecule has 0 radical (unpaired) electrons. The molecule has 0 saturated heterocycles. The van der Waals surface area contributed by atoms with Crippen LogP contribution in [0, 0.1) is 0 Å². The lowest BCUT2D eigenvalue weighted by atomic mass is 10.1. The lowest BCUT2D eigenvalue weighted by Gasteiger charge is -2.11. The topological polar surface area (TPSA) is 91.7 Å². The molecule has 0 fully saturated rings. The van der Waals surface area contributed by atoms with E-state index in [4.69, 9.17) is 14.2 Å². The number of rotatable bonds is 5. The zero-order chi connectivity index (χ0) is 21.4. The van der Waals surface area contributed by atoms with Gasteiger partial charge in [-0.25, -0.2) is 4.79 Å². The second-order valence-electron chi connectivity index (χ2n) is 6.87. The molecule has 0 unspecified atom stereocenters. The molecule has 1 aromatic heterocycles. The van der Waals surface area contributed by atoms with Gasteiger partial charge in [-0.1, -0.05) is 6.07 Å². The Labute approximate surface area is 173 Å². The molecular formula is C22H21N3O5. The van der Waals surface area contributed by atoms with Crippen LogP contribution in [-0.4, -0.2) is 43.0 Å². The maximum absolute atomic E-state index is 13.0. The highest BCUT2D eigenvalue weighted by atomic mass is 16.5. The summed E-state index contributed by atoms with van der Waals surface area (Å²) in [5.41, 5.74) is 4.89. The molecule has 0 atom stereocenters. The van der Waals surface area contributed by atoms with Crippen LogP contribution < -0.4 is 14.8 Å². The average molecular weight is 407 g/mol. The first-order valence-corrected chi connectivity index (χ1v) is 9.27. The average Bonchev–Trinajstić information content (AvgIpc) is 3.28. The summed E-state index contributed by atoms with van der Waals surface area (Å²) in [6, 6.07) is 10.4. The van der Waals surface area contributed by atoms with E-state index in [-0.39, 0.29) is 5.91 Å². The van der Waals surface area contributed by atoms with Crippen LogP contribution in [0.25, 0.3) is 11.3 Å². The van der Waals surface area contributed by atoms with E-state index in [2.05, 4.69) is 10.4 Å². The lowest BCUT2D eigenvalue weighted by Crippen LogP contribution is -2.15. The number of amides is 1. The lowest BCUT2D eigenvalue weighted by molar-refractivity contribution is 0.0600. The van der Waals surface area contributed by atoms with Gasteiger partial charge in [0.1, 0.15) is 0 Å². The third kappa shape index (κ3) is 3.16. The standard InChI is InChI=1S/C22H21N3O5/c1-25-20-15-11-18(29-3)17(28-2)10-13(15)9-16(20)19(24-25)21(26)23-14-7-5-6-12(8-14)22(27)30-4/h5-8,10-11H,9H2,1-4H3,(H,23,26). The third-order valence-electron chi connectivity index (χ3n) is 5.13. The van der Waals surface area contributed by atoms with Gasteiger partial charge in [-0.15, -0.1) is 0 Å². The van der Waals surface area contributed by atoms with Crippen LogP contribution in [0.15, 0.2) is 36.4 Å². The largest absolute Gasteiger partial charge is 0.493 e. The van der Waals surface area contributed by atoms with Crippen LogP contribution in [0.3, 0.4) is 0 Å². The molecule has 1 amide bonds. The van der Waals surface area contributed by atoms with Crippen molar-refractivity contribution in [1.29, 1.82) is 0 Å². The monoisotopic (exact) mass is 407 g/mol. The first-order chi connectivity index (χ1) is 14.5. The Bertz CT molecular complexity index is 1170. The van der Waals surface area contributed by atoms with Gasteiger partial charge < -0.3 is 19.5 Å². The van der Waals surface area contributed by atoms with E-state index in [1.54, 1.807) is 50.2 Å². The van der Waals surface area contributed by atoms with Crippen molar-refractivity contribution in [2.75, 3.05) is 26.6 Å². The van der Waals surface area contributed by atoms with Crippen molar-refractivity contribution in [1.82, 2.24) is 9.78 Å². The Balaban J connectivity index is 1.67. The van der Waals surface area contributed by atoms with Gasteiger partial charge in [-0.3, -0.25) is 9.48 Å². The highest BCUT2D eigenvalue weighted by Gasteiger charge is 2.31. The zero-order valence-electron chi connectivity index (χ0n) is 17.1. The SMILES string of the molecule is COC(=O)c1cccc(NC(=O)c2nn(C)c3c2Cc2cc(OC)c(OC)cc2-3)c1. The number of esters is 1. The van der Waals surface area contributed by atoms with Gasteiger partial charge in [-0.05, 0) is 35.9 Å². The van der Waals surface area contributed by atoms with Crippen molar-refractivity contribution in [3.63, 3.8) is 0 Å². The molecule has 154 valence electrons. The first kappa shape index (κ1) is 19.5. The number of hydrogen-bond acceptors (Lipinski definition) is 6. The number of hydrogen-bond donors (Lipinski definition) is 1. The molecule has 0 saturated carbocycles. The summed E-state index contributed by atoms with van der Waals surface area (Å²) in [6.07, 6.45) is 0.559. The summed E-state index contributed by atoms with van der Waals surface area (Å²) in [6.45, 7) is 0. The molecule has 1 aliphatic rings. The molecule has 3 aromatic rings. The van der Waals surface area contributed by atoms with E-state index in [0.717, 1.165) is 22.4 Å². The smallest absolute Gasteiger partial charge is 0.337 e. The minimum atomic E-state index is -0.469. The number of ether oxygens (including phenoxy) is 3. The fourth-order valence-electron chi connectivity index (χ4n) is 3.76. The van der Waals surface area contributed by atoms with Crippen molar-refractivity contribution >= 4 is 17.6 Å². The van der Waals surface area contributed by atoms with E-state index < -0.39 is 5.97 Å². The van der Waals surface area contributed by atoms with Gasteiger partial charge in [0.25, 0.3) is 5.91 Å². The van der Waals surface area contributed by atoms with E-state index in [1.165, 1.54) is 7.11 Å². The Morgan fingerprint density at radius 1 is 1.07 bits per heavy atom. The van der Waals surface area contributed by atoms with Crippen LogP contribution in [0.2, 0.25) is 0 Å². The molecule has 1 aliphatic carbocycles. The molecule has 0 spiro atoms. The number of aromatic nitrogens is 2. The summed E-state index contributed by atoms with van der Waals surface area (Å²) in [5, 5.41) is 7.26. The minimum absolute atomic E-state index is 0.338. The second-order valence-corrected chi connectivity index (χ2v) is 6.87. The number of anilines is 1. The van der Waals surface area contributed by atoms with Gasteiger partial charge in [0.05, 0.1) is 32.6 Å². The maximum Gasteiger partial charge on any atom is 0.337 e. The summed E-state index contributed by atoms with van der Waals surface area (Å²) in [4.78, 5) is 24.7. The number of nitrogens with one attached hydrogen (secondary N) is 1. The summed E-state index contributed by atoms with van der Waals surface area (Å²) >= 11 is 0. The number of benzene rings is 2. The van der Waals surface area contributed by atoms with E-state index in [9.17, 15) is 9.59 Å². The number of nitrogens with zero attached hydrogens (tertiary/aromatic N) is 2. The Morgan fingerprint density at radius 2 is 1.80 bits per heavy atom. The number of aryl methyl sites for hydroxylation is 1. The Hall–Kier alpha value is -3.81. The predicted octanol–water partition coefficient (Wildman–Crippen LogP) is 3.05. The van der Waals surface area contributed by atoms with Crippen molar-refractivity contribution in [3.8, 4) is 22.8 Å². The van der Waals surface area contributed by atoms with Gasteiger partial charge in [-0.2, -0.15) is 5.10 Å². The van der Waals surface area contributed by atoms with Crippen molar-refractivity contribution in [3.05, 3.63) is 58.8 Å². The molecule has 8 heteroatoms. The normalized spacial score (nSPS) is 11.5.